The third-order valence-electron chi connectivity index (χ3n) is 2.69. The van der Waals surface area contributed by atoms with E-state index in [4.69, 9.17) is 5.73 Å². The van der Waals surface area contributed by atoms with E-state index in [0.29, 0.717) is 16.8 Å². The molecule has 0 heterocycles. The van der Waals surface area contributed by atoms with Crippen molar-refractivity contribution in [3.63, 3.8) is 0 Å². The third-order valence-corrected chi connectivity index (χ3v) is 2.69. The lowest BCUT2D eigenvalue weighted by molar-refractivity contribution is -0.274. The first-order chi connectivity index (χ1) is 10.8. The quantitative estimate of drug-likeness (QED) is 0.655. The van der Waals surface area contributed by atoms with E-state index in [1.165, 1.54) is 30.5 Å². The second-order valence-electron chi connectivity index (χ2n) is 4.43. The summed E-state index contributed by atoms with van der Waals surface area (Å²) in [5, 5.41) is 3.94. The van der Waals surface area contributed by atoms with Crippen LogP contribution in [-0.4, -0.2) is 18.5 Å². The first-order valence-corrected chi connectivity index (χ1v) is 6.38. The van der Waals surface area contributed by atoms with Gasteiger partial charge in [-0.25, -0.2) is 0 Å². The topological polar surface area (TPSA) is 76.7 Å². The van der Waals surface area contributed by atoms with Gasteiger partial charge in [0.2, 0.25) is 5.91 Å². The van der Waals surface area contributed by atoms with Crippen molar-refractivity contribution in [2.24, 2.45) is 10.8 Å². The normalized spacial score (nSPS) is 11.4. The lowest BCUT2D eigenvalue weighted by Gasteiger charge is -2.08. The van der Waals surface area contributed by atoms with Gasteiger partial charge in [0, 0.05) is 5.56 Å². The predicted molar refractivity (Wildman–Crippen MR) is 79.3 cm³/mol. The average Bonchev–Trinajstić information content (AvgIpc) is 2.48. The molecule has 0 aromatic heterocycles. The molecule has 0 spiro atoms. The molecule has 0 aliphatic rings. The molecule has 1 amide bonds. The molecule has 5 nitrogen and oxygen atoms in total. The van der Waals surface area contributed by atoms with Gasteiger partial charge in [-0.2, -0.15) is 5.10 Å². The zero-order valence-corrected chi connectivity index (χ0v) is 11.7. The Labute approximate surface area is 129 Å². The van der Waals surface area contributed by atoms with Crippen LogP contribution in [0.1, 0.15) is 15.9 Å². The first-order valence-electron chi connectivity index (χ1n) is 6.38. The fraction of sp³-hybridized carbons (Fsp3) is 0.0667. The van der Waals surface area contributed by atoms with Crippen molar-refractivity contribution in [2.75, 3.05) is 5.43 Å². The van der Waals surface area contributed by atoms with Crippen LogP contribution in [0.4, 0.5) is 18.9 Å². The van der Waals surface area contributed by atoms with Crippen molar-refractivity contribution >= 4 is 17.8 Å². The van der Waals surface area contributed by atoms with Crippen LogP contribution < -0.4 is 15.9 Å². The van der Waals surface area contributed by atoms with Gasteiger partial charge in [0.1, 0.15) is 5.75 Å². The molecule has 120 valence electrons. The fourth-order valence-electron chi connectivity index (χ4n) is 1.65. The van der Waals surface area contributed by atoms with Gasteiger partial charge in [-0.15, -0.1) is 13.2 Å². The van der Waals surface area contributed by atoms with Gasteiger partial charge in [-0.3, -0.25) is 10.2 Å². The highest BCUT2D eigenvalue weighted by atomic mass is 19.4. The van der Waals surface area contributed by atoms with Crippen LogP contribution in [0.5, 0.6) is 5.75 Å². The molecule has 2 aromatic carbocycles. The molecule has 2 rings (SSSR count). The number of benzene rings is 2. The maximum atomic E-state index is 12.0. The van der Waals surface area contributed by atoms with E-state index < -0.39 is 12.3 Å². The molecule has 3 N–H and O–H groups in total. The smallest absolute Gasteiger partial charge is 0.406 e. The Balaban J connectivity index is 1.94. The summed E-state index contributed by atoms with van der Waals surface area (Å²) in [6, 6.07) is 11.6. The number of carbonyl (C=O) groups excluding carboxylic acids is 1. The number of nitrogens with one attached hydrogen (secondary N) is 1. The van der Waals surface area contributed by atoms with Crippen LogP contribution in [0.2, 0.25) is 0 Å². The minimum Gasteiger partial charge on any atom is -0.406 e. The molecule has 0 saturated heterocycles. The minimum absolute atomic E-state index is 0.301. The largest absolute Gasteiger partial charge is 0.573 e. The number of ether oxygens (including phenoxy) is 1. The van der Waals surface area contributed by atoms with Gasteiger partial charge >= 0.3 is 6.36 Å². The van der Waals surface area contributed by atoms with E-state index in [0.717, 1.165) is 0 Å². The van der Waals surface area contributed by atoms with Crippen molar-refractivity contribution in [3.05, 3.63) is 59.7 Å². The zero-order valence-electron chi connectivity index (χ0n) is 11.7. The predicted octanol–water partition coefficient (Wildman–Crippen LogP) is 3.13. The van der Waals surface area contributed by atoms with Gasteiger partial charge in [0.05, 0.1) is 11.9 Å². The van der Waals surface area contributed by atoms with E-state index >= 15 is 0 Å². The van der Waals surface area contributed by atoms with Gasteiger partial charge in [-0.1, -0.05) is 0 Å². The molecule has 8 heteroatoms. The van der Waals surface area contributed by atoms with Crippen molar-refractivity contribution < 1.29 is 22.7 Å². The number of hydrogen-bond acceptors (Lipinski definition) is 4. The van der Waals surface area contributed by atoms with Crippen LogP contribution in [0.3, 0.4) is 0 Å². The second kappa shape index (κ2) is 6.82. The summed E-state index contributed by atoms with van der Waals surface area (Å²) in [7, 11) is 0. The third kappa shape index (κ3) is 5.34. The average molecular weight is 323 g/mol. The molecular formula is C15H12F3N3O2. The lowest BCUT2D eigenvalue weighted by Crippen LogP contribution is -2.17. The molecule has 0 aliphatic heterocycles. The van der Waals surface area contributed by atoms with E-state index in [1.807, 2.05) is 0 Å². The van der Waals surface area contributed by atoms with Crippen LogP contribution in [0, 0.1) is 0 Å². The second-order valence-corrected chi connectivity index (χ2v) is 4.43. The minimum atomic E-state index is -4.71. The Bertz CT molecular complexity index is 695. The fourth-order valence-corrected chi connectivity index (χ4v) is 1.65. The number of primary amides is 1. The summed E-state index contributed by atoms with van der Waals surface area (Å²) >= 11 is 0. The molecule has 0 bridgehead atoms. The van der Waals surface area contributed by atoms with E-state index in [1.54, 1.807) is 24.3 Å². The number of halogens is 3. The van der Waals surface area contributed by atoms with Crippen LogP contribution >= 0.6 is 0 Å². The molecule has 2 aromatic rings. The summed E-state index contributed by atoms with van der Waals surface area (Å²) in [4.78, 5) is 10.9. The SMILES string of the molecule is NC(=O)c1ccc(N/N=C/c2ccc(OC(F)(F)F)cc2)cc1. The van der Waals surface area contributed by atoms with E-state index in [-0.39, 0.29) is 5.75 Å². The van der Waals surface area contributed by atoms with E-state index in [2.05, 4.69) is 15.3 Å². The van der Waals surface area contributed by atoms with Gasteiger partial charge in [0.15, 0.2) is 0 Å². The van der Waals surface area contributed by atoms with Crippen molar-refractivity contribution in [1.29, 1.82) is 0 Å². The Morgan fingerprint density at radius 2 is 1.70 bits per heavy atom. The van der Waals surface area contributed by atoms with Gasteiger partial charge in [0.25, 0.3) is 0 Å². The Morgan fingerprint density at radius 3 is 2.22 bits per heavy atom. The first kappa shape index (κ1) is 16.3. The maximum absolute atomic E-state index is 12.0. The molecule has 0 unspecified atom stereocenters. The number of hydrazone groups is 1. The standard InChI is InChI=1S/C15H12F3N3O2/c16-15(17,18)23-13-7-1-10(2-8-13)9-20-21-12-5-3-11(4-6-12)14(19)22/h1-9,21H,(H2,19,22)/b20-9+. The molecule has 0 radical (unpaired) electrons. The van der Waals surface area contributed by atoms with Crippen molar-refractivity contribution in [1.82, 2.24) is 0 Å². The van der Waals surface area contributed by atoms with Crippen LogP contribution in [0.25, 0.3) is 0 Å². The number of nitrogens with two attached hydrogens (primary N) is 1. The summed E-state index contributed by atoms with van der Waals surface area (Å²) in [6.45, 7) is 0. The Hall–Kier alpha value is -3.03. The summed E-state index contributed by atoms with van der Waals surface area (Å²) in [6.07, 6.45) is -3.28. The molecule has 0 saturated carbocycles. The highest BCUT2D eigenvalue weighted by molar-refractivity contribution is 5.93. The summed E-state index contributed by atoms with van der Waals surface area (Å²) in [5.74, 6) is -0.828. The number of anilines is 1. The molecule has 0 aliphatic carbocycles. The van der Waals surface area contributed by atoms with Gasteiger partial charge in [-0.05, 0) is 54.1 Å². The molecular weight excluding hydrogens is 311 g/mol. The number of amides is 1. The summed E-state index contributed by atoms with van der Waals surface area (Å²) < 4.78 is 39.8. The highest BCUT2D eigenvalue weighted by Gasteiger charge is 2.30. The number of hydrogen-bond donors (Lipinski definition) is 2. The molecule has 0 fully saturated rings. The number of nitrogens with zero attached hydrogens (tertiary/aromatic N) is 1. The zero-order chi connectivity index (χ0) is 16.9. The van der Waals surface area contributed by atoms with Crippen LogP contribution in [-0.2, 0) is 0 Å². The lowest BCUT2D eigenvalue weighted by atomic mass is 10.2. The van der Waals surface area contributed by atoms with Crippen molar-refractivity contribution in [2.45, 2.75) is 6.36 Å². The highest BCUT2D eigenvalue weighted by Crippen LogP contribution is 2.22. The molecule has 0 atom stereocenters. The van der Waals surface area contributed by atoms with Crippen molar-refractivity contribution in [3.8, 4) is 5.75 Å². The summed E-state index contributed by atoms with van der Waals surface area (Å²) in [5.41, 5.74) is 9.43. The maximum Gasteiger partial charge on any atom is 0.573 e. The molecule has 23 heavy (non-hydrogen) atoms. The Morgan fingerprint density at radius 1 is 1.09 bits per heavy atom. The Kier molecular flexibility index (Phi) is 4.85. The van der Waals surface area contributed by atoms with Crippen LogP contribution in [0.15, 0.2) is 53.6 Å². The number of alkyl halides is 3. The van der Waals surface area contributed by atoms with Gasteiger partial charge < -0.3 is 10.5 Å². The number of carbonyl (C=O) groups is 1. The monoisotopic (exact) mass is 323 g/mol. The van der Waals surface area contributed by atoms with E-state index in [9.17, 15) is 18.0 Å². The number of rotatable bonds is 5.